The van der Waals surface area contributed by atoms with Crippen LogP contribution in [0.15, 0.2) is 12.1 Å². The Morgan fingerprint density at radius 3 is 2.11 bits per heavy atom. The third kappa shape index (κ3) is 3.39. The summed E-state index contributed by atoms with van der Waals surface area (Å²) in [6.45, 7) is 7.71. The van der Waals surface area contributed by atoms with Crippen LogP contribution in [0.25, 0.3) is 0 Å². The van der Waals surface area contributed by atoms with E-state index in [0.29, 0.717) is 17.1 Å². The van der Waals surface area contributed by atoms with Gasteiger partial charge in [0, 0.05) is 5.54 Å². The largest absolute Gasteiger partial charge is 0.496 e. The van der Waals surface area contributed by atoms with Crippen molar-refractivity contribution >= 4 is 5.91 Å². The molecule has 0 atom stereocenters. The fourth-order valence-corrected chi connectivity index (χ4v) is 1.64. The Hall–Kier alpha value is -1.71. The van der Waals surface area contributed by atoms with E-state index >= 15 is 0 Å². The number of rotatable bonds is 3. The number of benzene rings is 1. The van der Waals surface area contributed by atoms with E-state index < -0.39 is 0 Å². The molecule has 0 aromatic heterocycles. The number of hydrogen-bond acceptors (Lipinski definition) is 3. The van der Waals surface area contributed by atoms with Crippen LogP contribution in [0, 0.1) is 6.92 Å². The Balaban J connectivity index is 3.17. The third-order valence-corrected chi connectivity index (χ3v) is 2.45. The first-order valence-corrected chi connectivity index (χ1v) is 5.83. The average molecular weight is 251 g/mol. The Morgan fingerprint density at radius 2 is 1.67 bits per heavy atom. The molecule has 0 fully saturated rings. The highest BCUT2D eigenvalue weighted by Crippen LogP contribution is 2.28. The number of aryl methyl sites for hydroxylation is 1. The van der Waals surface area contributed by atoms with Crippen LogP contribution in [0.1, 0.15) is 36.7 Å². The molecule has 1 aromatic rings. The number of carbonyl (C=O) groups is 1. The molecule has 1 N–H and O–H groups in total. The minimum Gasteiger partial charge on any atom is -0.496 e. The van der Waals surface area contributed by atoms with E-state index in [2.05, 4.69) is 5.32 Å². The molecule has 100 valence electrons. The smallest absolute Gasteiger partial charge is 0.255 e. The molecule has 4 heteroatoms. The minimum atomic E-state index is -0.291. The lowest BCUT2D eigenvalue weighted by Gasteiger charge is -2.21. The lowest BCUT2D eigenvalue weighted by molar-refractivity contribution is 0.0916. The predicted octanol–water partition coefficient (Wildman–Crippen LogP) is 2.54. The van der Waals surface area contributed by atoms with E-state index in [0.717, 1.165) is 5.56 Å². The molecule has 1 rings (SSSR count). The minimum absolute atomic E-state index is 0.169. The van der Waals surface area contributed by atoms with Crippen LogP contribution >= 0.6 is 0 Å². The van der Waals surface area contributed by atoms with E-state index in [1.807, 2.05) is 27.7 Å². The normalized spacial score (nSPS) is 11.0. The highest BCUT2D eigenvalue weighted by atomic mass is 16.5. The van der Waals surface area contributed by atoms with Gasteiger partial charge in [-0.1, -0.05) is 0 Å². The molecule has 0 aliphatic carbocycles. The van der Waals surface area contributed by atoms with E-state index in [9.17, 15) is 4.79 Å². The zero-order valence-electron chi connectivity index (χ0n) is 11.9. The summed E-state index contributed by atoms with van der Waals surface area (Å²) >= 11 is 0. The molecule has 4 nitrogen and oxygen atoms in total. The number of methoxy groups -OCH3 is 2. The molecule has 1 amide bonds. The standard InChI is InChI=1S/C14H21NO3/c1-9-7-12(18-6)10(8-11(9)17-5)13(16)15-14(2,3)4/h7-8H,1-6H3,(H,15,16). The molecule has 0 saturated heterocycles. The van der Waals surface area contributed by atoms with Crippen molar-refractivity contribution in [2.45, 2.75) is 33.2 Å². The summed E-state index contributed by atoms with van der Waals surface area (Å²) in [6.07, 6.45) is 0. The fraction of sp³-hybridized carbons (Fsp3) is 0.500. The first kappa shape index (κ1) is 14.4. The van der Waals surface area contributed by atoms with Gasteiger partial charge in [-0.25, -0.2) is 0 Å². The second kappa shape index (κ2) is 5.29. The van der Waals surface area contributed by atoms with E-state index in [1.54, 1.807) is 26.4 Å². The molecule has 1 aromatic carbocycles. The van der Waals surface area contributed by atoms with Crippen molar-refractivity contribution in [1.82, 2.24) is 5.32 Å². The van der Waals surface area contributed by atoms with Gasteiger partial charge in [-0.15, -0.1) is 0 Å². The van der Waals surface area contributed by atoms with E-state index in [1.165, 1.54) is 0 Å². The van der Waals surface area contributed by atoms with Gasteiger partial charge in [0.2, 0.25) is 0 Å². The molecule has 0 aliphatic rings. The van der Waals surface area contributed by atoms with Crippen molar-refractivity contribution < 1.29 is 14.3 Å². The molecule has 0 aliphatic heterocycles. The van der Waals surface area contributed by atoms with E-state index in [-0.39, 0.29) is 11.4 Å². The van der Waals surface area contributed by atoms with Crippen molar-refractivity contribution in [3.05, 3.63) is 23.3 Å². The molecule has 0 heterocycles. The Kier molecular flexibility index (Phi) is 4.22. The van der Waals surface area contributed by atoms with Crippen LogP contribution in [0.5, 0.6) is 11.5 Å². The van der Waals surface area contributed by atoms with Gasteiger partial charge in [0.1, 0.15) is 11.5 Å². The molecule has 0 saturated carbocycles. The summed E-state index contributed by atoms with van der Waals surface area (Å²) in [5.74, 6) is 1.06. The lowest BCUT2D eigenvalue weighted by Crippen LogP contribution is -2.40. The maximum absolute atomic E-state index is 12.2. The van der Waals surface area contributed by atoms with Gasteiger partial charge in [0.05, 0.1) is 19.8 Å². The molecular formula is C14H21NO3. The highest BCUT2D eigenvalue weighted by molar-refractivity contribution is 5.98. The first-order valence-electron chi connectivity index (χ1n) is 5.83. The maximum atomic E-state index is 12.2. The van der Waals surface area contributed by atoms with Gasteiger partial charge in [-0.3, -0.25) is 4.79 Å². The van der Waals surface area contributed by atoms with Gasteiger partial charge in [0.25, 0.3) is 5.91 Å². The van der Waals surface area contributed by atoms with Crippen LogP contribution in [-0.4, -0.2) is 25.7 Å². The van der Waals surface area contributed by atoms with Crippen molar-refractivity contribution in [2.75, 3.05) is 14.2 Å². The summed E-state index contributed by atoms with van der Waals surface area (Å²) in [7, 11) is 3.13. The molecule has 0 unspecified atom stereocenters. The Bertz CT molecular complexity index is 447. The monoisotopic (exact) mass is 251 g/mol. The third-order valence-electron chi connectivity index (χ3n) is 2.45. The maximum Gasteiger partial charge on any atom is 0.255 e. The van der Waals surface area contributed by atoms with Gasteiger partial charge < -0.3 is 14.8 Å². The first-order chi connectivity index (χ1) is 8.28. The summed E-state index contributed by atoms with van der Waals surface area (Å²) in [5, 5.41) is 2.91. The van der Waals surface area contributed by atoms with Crippen LogP contribution in [0.4, 0.5) is 0 Å². The highest BCUT2D eigenvalue weighted by Gasteiger charge is 2.20. The summed E-state index contributed by atoms with van der Waals surface area (Å²) in [6, 6.07) is 3.51. The number of amides is 1. The number of ether oxygens (including phenoxy) is 2. The molecule has 18 heavy (non-hydrogen) atoms. The van der Waals surface area contributed by atoms with Crippen LogP contribution < -0.4 is 14.8 Å². The second-order valence-corrected chi connectivity index (χ2v) is 5.23. The Morgan fingerprint density at radius 1 is 1.11 bits per heavy atom. The van der Waals surface area contributed by atoms with Gasteiger partial charge in [-0.05, 0) is 45.4 Å². The molecule has 0 spiro atoms. The summed E-state index contributed by atoms with van der Waals surface area (Å²) in [5.41, 5.74) is 1.12. The van der Waals surface area contributed by atoms with Crippen LogP contribution in [0.3, 0.4) is 0 Å². The average Bonchev–Trinajstić information content (AvgIpc) is 2.26. The topological polar surface area (TPSA) is 47.6 Å². The quantitative estimate of drug-likeness (QED) is 0.898. The second-order valence-electron chi connectivity index (χ2n) is 5.23. The van der Waals surface area contributed by atoms with Crippen molar-refractivity contribution in [3.8, 4) is 11.5 Å². The number of carbonyl (C=O) groups excluding carboxylic acids is 1. The lowest BCUT2D eigenvalue weighted by atomic mass is 10.1. The van der Waals surface area contributed by atoms with Gasteiger partial charge in [0.15, 0.2) is 0 Å². The predicted molar refractivity (Wildman–Crippen MR) is 71.5 cm³/mol. The summed E-state index contributed by atoms with van der Waals surface area (Å²) in [4.78, 5) is 12.2. The molecular weight excluding hydrogens is 230 g/mol. The van der Waals surface area contributed by atoms with Crippen molar-refractivity contribution in [3.63, 3.8) is 0 Å². The number of hydrogen-bond donors (Lipinski definition) is 1. The fourth-order valence-electron chi connectivity index (χ4n) is 1.64. The van der Waals surface area contributed by atoms with Crippen molar-refractivity contribution in [2.24, 2.45) is 0 Å². The zero-order chi connectivity index (χ0) is 13.9. The number of nitrogens with one attached hydrogen (secondary N) is 1. The van der Waals surface area contributed by atoms with E-state index in [4.69, 9.17) is 9.47 Å². The van der Waals surface area contributed by atoms with Gasteiger partial charge in [-0.2, -0.15) is 0 Å². The molecule has 0 bridgehead atoms. The summed E-state index contributed by atoms with van der Waals surface area (Å²) < 4.78 is 10.5. The van der Waals surface area contributed by atoms with Crippen molar-refractivity contribution in [1.29, 1.82) is 0 Å². The van der Waals surface area contributed by atoms with Crippen LogP contribution in [0.2, 0.25) is 0 Å². The Labute approximate surface area is 108 Å². The SMILES string of the molecule is COc1cc(C(=O)NC(C)(C)C)c(OC)cc1C. The van der Waals surface area contributed by atoms with Crippen LogP contribution in [-0.2, 0) is 0 Å². The zero-order valence-corrected chi connectivity index (χ0v) is 11.9. The molecule has 0 radical (unpaired) electrons. The van der Waals surface area contributed by atoms with Gasteiger partial charge >= 0.3 is 0 Å².